The third-order valence-electron chi connectivity index (χ3n) is 6.97. The van der Waals surface area contributed by atoms with Crippen LogP contribution < -0.4 is 15.4 Å². The lowest BCUT2D eigenvalue weighted by molar-refractivity contribution is 0.152. The van der Waals surface area contributed by atoms with E-state index in [1.165, 1.54) is 0 Å². The second kappa shape index (κ2) is 8.43. The third-order valence-corrected chi connectivity index (χ3v) is 6.97. The van der Waals surface area contributed by atoms with Gasteiger partial charge in [0, 0.05) is 36.2 Å². The molecule has 0 spiro atoms. The molecule has 180 valence electrons. The van der Waals surface area contributed by atoms with E-state index in [-0.39, 0.29) is 12.5 Å². The molecule has 1 fully saturated rings. The largest absolute Gasteiger partial charge is 0.497 e. The van der Waals surface area contributed by atoms with Gasteiger partial charge >= 0.3 is 0 Å². The number of rotatable bonds is 6. The highest BCUT2D eigenvalue weighted by atomic mass is 16.5. The van der Waals surface area contributed by atoms with Crippen LogP contribution >= 0.6 is 0 Å². The Balaban J connectivity index is 1.49. The number of hydrogen-bond acceptors (Lipinski definition) is 8. The first-order chi connectivity index (χ1) is 16.3. The minimum atomic E-state index is -0.452. The second-order valence-electron chi connectivity index (χ2n) is 9.66. The van der Waals surface area contributed by atoms with E-state index in [9.17, 15) is 5.11 Å². The predicted octanol–water partition coefficient (Wildman–Crippen LogP) is 2.95. The summed E-state index contributed by atoms with van der Waals surface area (Å²) >= 11 is 0. The summed E-state index contributed by atoms with van der Waals surface area (Å²) in [6.45, 7) is 6.97. The number of piperidine rings is 1. The van der Waals surface area contributed by atoms with Crippen LogP contribution in [0.4, 0.5) is 11.6 Å². The van der Waals surface area contributed by atoms with Gasteiger partial charge < -0.3 is 20.5 Å². The minimum Gasteiger partial charge on any atom is -0.497 e. The highest BCUT2D eigenvalue weighted by Crippen LogP contribution is 2.35. The van der Waals surface area contributed by atoms with Gasteiger partial charge in [0.2, 0.25) is 5.95 Å². The van der Waals surface area contributed by atoms with Crippen molar-refractivity contribution in [2.75, 3.05) is 30.9 Å². The van der Waals surface area contributed by atoms with Crippen LogP contribution in [0.2, 0.25) is 0 Å². The van der Waals surface area contributed by atoms with Crippen LogP contribution in [-0.2, 0) is 5.54 Å². The first kappa shape index (κ1) is 22.4. The van der Waals surface area contributed by atoms with E-state index in [1.807, 2.05) is 49.1 Å². The van der Waals surface area contributed by atoms with Crippen LogP contribution in [0.15, 0.2) is 30.6 Å². The molecule has 0 amide bonds. The Bertz CT molecular complexity index is 1330. The Labute approximate surface area is 198 Å². The van der Waals surface area contributed by atoms with E-state index in [0.717, 1.165) is 54.0 Å². The van der Waals surface area contributed by atoms with Gasteiger partial charge in [-0.25, -0.2) is 9.97 Å². The molecule has 1 saturated heterocycles. The molecule has 1 aliphatic rings. The van der Waals surface area contributed by atoms with Crippen LogP contribution in [0.25, 0.3) is 16.6 Å². The first-order valence-electron chi connectivity index (χ1n) is 11.8. The van der Waals surface area contributed by atoms with E-state index in [0.29, 0.717) is 17.6 Å². The number of nitrogen functional groups attached to an aromatic ring is 1. The summed E-state index contributed by atoms with van der Waals surface area (Å²) in [6, 6.07) is 6.13. The Morgan fingerprint density at radius 1 is 1.24 bits per heavy atom. The summed E-state index contributed by atoms with van der Waals surface area (Å²) in [6.07, 6.45) is 7.00. The van der Waals surface area contributed by atoms with Crippen molar-refractivity contribution in [1.29, 1.82) is 0 Å². The van der Waals surface area contributed by atoms with Crippen LogP contribution in [0.5, 0.6) is 5.75 Å². The van der Waals surface area contributed by atoms with Crippen molar-refractivity contribution >= 4 is 28.2 Å². The number of anilines is 2. The van der Waals surface area contributed by atoms with Gasteiger partial charge in [0.15, 0.2) is 11.5 Å². The molecule has 1 aromatic carbocycles. The molecule has 4 heterocycles. The molecule has 3 N–H and O–H groups in total. The van der Waals surface area contributed by atoms with Gasteiger partial charge in [0.25, 0.3) is 0 Å². The summed E-state index contributed by atoms with van der Waals surface area (Å²) in [7, 11) is 1.63. The molecule has 0 saturated carbocycles. The molecule has 0 aliphatic carbocycles. The summed E-state index contributed by atoms with van der Waals surface area (Å²) in [5.74, 6) is 1.96. The molecule has 10 heteroatoms. The normalized spacial score (nSPS) is 19.3. The molecule has 0 radical (unpaired) electrons. The van der Waals surface area contributed by atoms with E-state index >= 15 is 0 Å². The molecule has 0 bridgehead atoms. The molecular formula is C24H32N8O2. The number of hydrogen-bond donors (Lipinski definition) is 2. The molecule has 4 aromatic rings. The topological polar surface area (TPSA) is 120 Å². The van der Waals surface area contributed by atoms with Crippen LogP contribution in [0.3, 0.4) is 0 Å². The predicted molar refractivity (Wildman–Crippen MR) is 131 cm³/mol. The fourth-order valence-electron chi connectivity index (χ4n) is 4.77. The summed E-state index contributed by atoms with van der Waals surface area (Å²) < 4.78 is 8.81. The van der Waals surface area contributed by atoms with Gasteiger partial charge in [0.05, 0.1) is 36.7 Å². The zero-order valence-corrected chi connectivity index (χ0v) is 20.1. The highest BCUT2D eigenvalue weighted by molar-refractivity contribution is 5.93. The minimum absolute atomic E-state index is 0.0222. The summed E-state index contributed by atoms with van der Waals surface area (Å²) in [4.78, 5) is 11.8. The zero-order chi connectivity index (χ0) is 24.0. The van der Waals surface area contributed by atoms with Crippen LogP contribution in [0, 0.1) is 0 Å². The fraction of sp³-hybridized carbons (Fsp3) is 0.500. The Kier molecular flexibility index (Phi) is 5.55. The number of fused-ring (bicyclic) bond motifs is 3. The maximum Gasteiger partial charge on any atom is 0.223 e. The van der Waals surface area contributed by atoms with Gasteiger partial charge in [-0.3, -0.25) is 4.68 Å². The first-order valence-corrected chi connectivity index (χ1v) is 11.8. The van der Waals surface area contributed by atoms with Gasteiger partial charge in [0.1, 0.15) is 5.75 Å². The molecule has 34 heavy (non-hydrogen) atoms. The van der Waals surface area contributed by atoms with Crippen molar-refractivity contribution in [2.45, 2.75) is 57.5 Å². The van der Waals surface area contributed by atoms with Crippen LogP contribution in [-0.4, -0.2) is 60.8 Å². The average molecular weight is 465 g/mol. The number of aromatic nitrogens is 6. The number of nitrogens with zero attached hydrogens (tertiary/aromatic N) is 7. The number of benzene rings is 1. The van der Waals surface area contributed by atoms with Crippen LogP contribution in [0.1, 0.15) is 51.8 Å². The monoisotopic (exact) mass is 464 g/mol. The smallest absolute Gasteiger partial charge is 0.223 e. The molecular weight excluding hydrogens is 432 g/mol. The number of aliphatic hydroxyl groups is 1. The summed E-state index contributed by atoms with van der Waals surface area (Å²) in [5, 5.41) is 19.9. The van der Waals surface area contributed by atoms with E-state index < -0.39 is 5.54 Å². The van der Waals surface area contributed by atoms with Gasteiger partial charge in [-0.2, -0.15) is 9.61 Å². The van der Waals surface area contributed by atoms with Crippen molar-refractivity contribution in [2.24, 2.45) is 0 Å². The van der Waals surface area contributed by atoms with Crippen molar-refractivity contribution in [1.82, 2.24) is 29.4 Å². The lowest BCUT2D eigenvalue weighted by atomic mass is 9.90. The van der Waals surface area contributed by atoms with Crippen molar-refractivity contribution < 1.29 is 9.84 Å². The summed E-state index contributed by atoms with van der Waals surface area (Å²) in [5.41, 5.74) is 8.29. The quantitative estimate of drug-likeness (QED) is 0.447. The molecule has 1 aliphatic heterocycles. The maximum absolute atomic E-state index is 9.74. The highest BCUT2D eigenvalue weighted by Gasteiger charge is 2.32. The standard InChI is InChI=1S/C24H32N8O2/c1-5-16-7-6-15(12-30(16)17-11-26-31(13-17)24(2,3)14-33)21-28-22-19-9-8-18(34-4)10-20(19)27-23(25)32(22)29-21/h8-11,13,15-16,33H,5-7,12,14H2,1-4H3,(H2,25,27)/t15-,16-/m1/s1. The molecule has 5 rings (SSSR count). The zero-order valence-electron chi connectivity index (χ0n) is 20.1. The molecule has 0 unspecified atom stereocenters. The lowest BCUT2D eigenvalue weighted by Gasteiger charge is -2.39. The Morgan fingerprint density at radius 3 is 2.79 bits per heavy atom. The second-order valence-corrected chi connectivity index (χ2v) is 9.66. The van der Waals surface area contributed by atoms with Gasteiger partial charge in [-0.1, -0.05) is 6.92 Å². The Morgan fingerprint density at radius 2 is 2.06 bits per heavy atom. The van der Waals surface area contributed by atoms with E-state index in [4.69, 9.17) is 20.6 Å². The molecule has 3 aromatic heterocycles. The van der Waals surface area contributed by atoms with Crippen molar-refractivity contribution in [3.63, 3.8) is 0 Å². The molecule has 2 atom stereocenters. The SMILES string of the molecule is CC[C@@H]1CC[C@@H](c2nc3c4ccc(OC)cc4nc(N)n3n2)CN1c1cnn(C(C)(C)CO)c1. The Hall–Kier alpha value is -3.40. The average Bonchev–Trinajstić information content (AvgIpc) is 3.52. The number of aliphatic hydroxyl groups excluding tert-OH is 1. The molecule has 10 nitrogen and oxygen atoms in total. The number of ether oxygens (including phenoxy) is 1. The van der Waals surface area contributed by atoms with Gasteiger partial charge in [-0.15, -0.1) is 5.10 Å². The van der Waals surface area contributed by atoms with Gasteiger partial charge in [-0.05, 0) is 45.2 Å². The fourth-order valence-corrected chi connectivity index (χ4v) is 4.77. The third kappa shape index (κ3) is 3.71. The van der Waals surface area contributed by atoms with Crippen molar-refractivity contribution in [3.8, 4) is 5.75 Å². The lowest BCUT2D eigenvalue weighted by Crippen LogP contribution is -2.42. The van der Waals surface area contributed by atoms with Crippen molar-refractivity contribution in [3.05, 3.63) is 36.4 Å². The maximum atomic E-state index is 9.74. The number of methoxy groups -OCH3 is 1. The van der Waals surface area contributed by atoms with E-state index in [2.05, 4.69) is 21.9 Å². The number of nitrogens with two attached hydrogens (primary N) is 1. The van der Waals surface area contributed by atoms with E-state index in [1.54, 1.807) is 11.6 Å².